The van der Waals surface area contributed by atoms with Gasteiger partial charge < -0.3 is 19.7 Å². The zero-order valence-electron chi connectivity index (χ0n) is 14.2. The Morgan fingerprint density at radius 3 is 2.92 bits per heavy atom. The number of benzene rings is 1. The fourth-order valence-corrected chi connectivity index (χ4v) is 4.56. The van der Waals surface area contributed by atoms with Crippen molar-refractivity contribution >= 4 is 16.8 Å². The number of aliphatic hydroxyl groups excluding tert-OH is 1. The monoisotopic (exact) mass is 328 g/mol. The van der Waals surface area contributed by atoms with Gasteiger partial charge in [-0.3, -0.25) is 4.79 Å². The van der Waals surface area contributed by atoms with Gasteiger partial charge in [0.2, 0.25) is 0 Å². The van der Waals surface area contributed by atoms with Crippen LogP contribution in [0.2, 0.25) is 0 Å². The molecule has 2 N–H and O–H groups in total. The minimum absolute atomic E-state index is 0.0155. The highest BCUT2D eigenvalue weighted by atomic mass is 16.5. The van der Waals surface area contributed by atoms with Crippen molar-refractivity contribution in [1.29, 1.82) is 0 Å². The van der Waals surface area contributed by atoms with Crippen molar-refractivity contribution in [2.75, 3.05) is 13.7 Å². The Hall–Kier alpha value is -1.85. The van der Waals surface area contributed by atoms with Gasteiger partial charge in [-0.25, -0.2) is 0 Å². The van der Waals surface area contributed by atoms with E-state index < -0.39 is 0 Å². The number of hydrogen-bond acceptors (Lipinski definition) is 3. The number of aromatic amines is 1. The van der Waals surface area contributed by atoms with Crippen LogP contribution in [0.3, 0.4) is 0 Å². The Bertz CT molecular complexity index is 784. The highest BCUT2D eigenvalue weighted by molar-refractivity contribution is 6.01. The number of ether oxygens (including phenoxy) is 1. The average Bonchev–Trinajstić information content (AvgIpc) is 3.13. The van der Waals surface area contributed by atoms with E-state index >= 15 is 0 Å². The van der Waals surface area contributed by atoms with Gasteiger partial charge in [-0.05, 0) is 44.2 Å². The summed E-state index contributed by atoms with van der Waals surface area (Å²) in [5.41, 5.74) is 2.33. The molecule has 0 bridgehead atoms. The lowest BCUT2D eigenvalue weighted by Gasteiger charge is -2.42. The first-order valence-corrected chi connectivity index (χ1v) is 8.67. The summed E-state index contributed by atoms with van der Waals surface area (Å²) in [5.74, 6) is 0.0155. The largest absolute Gasteiger partial charge is 0.393 e. The molecule has 4 rings (SSSR count). The van der Waals surface area contributed by atoms with Crippen molar-refractivity contribution < 1.29 is 14.6 Å². The second-order valence-corrected chi connectivity index (χ2v) is 7.13. The number of methoxy groups -OCH3 is 1. The van der Waals surface area contributed by atoms with Crippen LogP contribution in [-0.2, 0) is 4.74 Å². The topological polar surface area (TPSA) is 65.6 Å². The first-order valence-electron chi connectivity index (χ1n) is 8.67. The minimum Gasteiger partial charge on any atom is -0.393 e. The number of carbonyl (C=O) groups is 1. The van der Waals surface area contributed by atoms with E-state index in [0.29, 0.717) is 18.7 Å². The number of amides is 1. The normalized spacial score (nSPS) is 29.9. The van der Waals surface area contributed by atoms with E-state index in [4.69, 9.17) is 4.74 Å². The highest BCUT2D eigenvalue weighted by Crippen LogP contribution is 2.43. The first kappa shape index (κ1) is 15.7. The molecule has 3 atom stereocenters. The zero-order chi connectivity index (χ0) is 16.9. The number of para-hydroxylation sites is 1. The molecule has 1 aromatic carbocycles. The number of H-pyrrole nitrogens is 1. The van der Waals surface area contributed by atoms with Gasteiger partial charge in [-0.1, -0.05) is 18.2 Å². The molecule has 2 aliphatic rings. The number of aliphatic hydroxyl groups is 1. The van der Waals surface area contributed by atoms with Crippen molar-refractivity contribution in [3.63, 3.8) is 0 Å². The molecule has 2 heterocycles. The molecule has 24 heavy (non-hydrogen) atoms. The third-order valence-electron chi connectivity index (χ3n) is 6.00. The molecule has 1 amide bonds. The van der Waals surface area contributed by atoms with E-state index in [1.54, 1.807) is 7.11 Å². The van der Waals surface area contributed by atoms with Crippen LogP contribution in [0.1, 0.15) is 41.7 Å². The van der Waals surface area contributed by atoms with Crippen molar-refractivity contribution in [1.82, 2.24) is 9.88 Å². The summed E-state index contributed by atoms with van der Waals surface area (Å²) >= 11 is 0. The molecule has 0 radical (unpaired) electrons. The Labute approximate surface area is 141 Å². The van der Waals surface area contributed by atoms with E-state index in [1.807, 2.05) is 36.1 Å². The lowest BCUT2D eigenvalue weighted by atomic mass is 9.79. The van der Waals surface area contributed by atoms with Crippen LogP contribution in [-0.4, -0.2) is 52.3 Å². The lowest BCUT2D eigenvalue weighted by molar-refractivity contribution is -0.0824. The summed E-state index contributed by atoms with van der Waals surface area (Å²) in [6.45, 7) is 2.67. The van der Waals surface area contributed by atoms with E-state index in [1.165, 1.54) is 0 Å². The number of rotatable bonds is 2. The maximum Gasteiger partial charge on any atom is 0.270 e. The third kappa shape index (κ3) is 2.19. The van der Waals surface area contributed by atoms with Crippen LogP contribution in [0.25, 0.3) is 10.9 Å². The first-order chi connectivity index (χ1) is 11.6. The van der Waals surface area contributed by atoms with Crippen LogP contribution in [0, 0.1) is 6.92 Å². The number of nitrogens with zero attached hydrogens (tertiary/aromatic N) is 1. The molecule has 5 heteroatoms. The highest BCUT2D eigenvalue weighted by Gasteiger charge is 2.52. The number of likely N-dealkylation sites (tertiary alicyclic amines) is 1. The van der Waals surface area contributed by atoms with Crippen LogP contribution in [0.4, 0.5) is 0 Å². The van der Waals surface area contributed by atoms with E-state index in [2.05, 4.69) is 4.98 Å². The number of aromatic nitrogens is 1. The fourth-order valence-electron chi connectivity index (χ4n) is 4.56. The Balaban J connectivity index is 1.70. The molecule has 2 fully saturated rings. The molecule has 1 aromatic heterocycles. The predicted molar refractivity (Wildman–Crippen MR) is 92.1 cm³/mol. The molecule has 128 valence electrons. The number of carbonyl (C=O) groups excluding carboxylic acids is 1. The van der Waals surface area contributed by atoms with Gasteiger partial charge in [-0.2, -0.15) is 0 Å². The molecule has 1 saturated heterocycles. The van der Waals surface area contributed by atoms with Gasteiger partial charge >= 0.3 is 0 Å². The number of aryl methyl sites for hydroxylation is 1. The van der Waals surface area contributed by atoms with E-state index in [0.717, 1.165) is 35.7 Å². The Kier molecular flexibility index (Phi) is 3.66. The molecular weight excluding hydrogens is 304 g/mol. The Morgan fingerprint density at radius 1 is 1.38 bits per heavy atom. The molecule has 1 aliphatic heterocycles. The van der Waals surface area contributed by atoms with Gasteiger partial charge in [0.25, 0.3) is 5.91 Å². The van der Waals surface area contributed by atoms with Crippen LogP contribution < -0.4 is 0 Å². The molecule has 1 saturated carbocycles. The van der Waals surface area contributed by atoms with Gasteiger partial charge in [-0.15, -0.1) is 0 Å². The van der Waals surface area contributed by atoms with Crippen molar-refractivity contribution in [2.24, 2.45) is 0 Å². The fraction of sp³-hybridized carbons (Fsp3) is 0.526. The number of hydrogen-bond donors (Lipinski definition) is 2. The van der Waals surface area contributed by atoms with Crippen LogP contribution >= 0.6 is 0 Å². The molecule has 0 spiro atoms. The Morgan fingerprint density at radius 2 is 2.17 bits per heavy atom. The summed E-state index contributed by atoms with van der Waals surface area (Å²) < 4.78 is 5.84. The minimum atomic E-state index is -0.351. The predicted octanol–water partition coefficient (Wildman–Crippen LogP) is 2.62. The van der Waals surface area contributed by atoms with Crippen molar-refractivity contribution in [3.05, 3.63) is 35.5 Å². The maximum absolute atomic E-state index is 13.2. The summed E-state index contributed by atoms with van der Waals surface area (Å²) in [6.07, 6.45) is 2.64. The smallest absolute Gasteiger partial charge is 0.270 e. The standard InChI is InChI=1S/C19H24N2O3/c1-12-14-5-3-4-6-15(14)20-17(12)18(23)21-10-9-19(24-2)8-7-13(22)11-16(19)21/h3-6,13,16,20,22H,7-11H2,1-2H3/t13?,16?,19-/m1/s1. The van der Waals surface area contributed by atoms with Crippen LogP contribution in [0.15, 0.2) is 24.3 Å². The van der Waals surface area contributed by atoms with Crippen molar-refractivity contribution in [3.8, 4) is 0 Å². The zero-order valence-corrected chi connectivity index (χ0v) is 14.2. The van der Waals surface area contributed by atoms with Crippen molar-refractivity contribution in [2.45, 2.75) is 50.4 Å². The van der Waals surface area contributed by atoms with Crippen LogP contribution in [0.5, 0.6) is 0 Å². The SMILES string of the molecule is CO[C@@]12CCC(O)CC1N(C(=O)c1[nH]c3ccccc3c1C)CC2. The van der Waals surface area contributed by atoms with E-state index in [-0.39, 0.29) is 23.7 Å². The molecule has 2 aromatic rings. The molecule has 2 unspecified atom stereocenters. The lowest BCUT2D eigenvalue weighted by Crippen LogP contribution is -2.52. The van der Waals surface area contributed by atoms with Gasteiger partial charge in [0, 0.05) is 24.6 Å². The third-order valence-corrected chi connectivity index (χ3v) is 6.00. The van der Waals surface area contributed by atoms with Gasteiger partial charge in [0.15, 0.2) is 0 Å². The molecule has 5 nitrogen and oxygen atoms in total. The number of nitrogens with one attached hydrogen (secondary N) is 1. The second-order valence-electron chi connectivity index (χ2n) is 7.13. The molecular formula is C19H24N2O3. The quantitative estimate of drug-likeness (QED) is 0.890. The molecule has 1 aliphatic carbocycles. The number of fused-ring (bicyclic) bond motifs is 2. The maximum atomic E-state index is 13.2. The second kappa shape index (κ2) is 5.60. The van der Waals surface area contributed by atoms with Gasteiger partial charge in [0.05, 0.1) is 17.7 Å². The van der Waals surface area contributed by atoms with E-state index in [9.17, 15) is 9.90 Å². The summed E-state index contributed by atoms with van der Waals surface area (Å²) in [4.78, 5) is 18.4. The summed E-state index contributed by atoms with van der Waals surface area (Å²) in [6, 6.07) is 7.93. The summed E-state index contributed by atoms with van der Waals surface area (Å²) in [5, 5.41) is 11.2. The average molecular weight is 328 g/mol. The van der Waals surface area contributed by atoms with Gasteiger partial charge in [0.1, 0.15) is 5.69 Å². The summed E-state index contributed by atoms with van der Waals surface area (Å²) in [7, 11) is 1.73.